The number of hydrogen-bond acceptors (Lipinski definition) is 8. The minimum absolute atomic E-state index is 0.0247. The average molecular weight is 446 g/mol. The van der Waals surface area contributed by atoms with Gasteiger partial charge in [-0.25, -0.2) is 9.97 Å². The SMILES string of the molecule is COCC(COC)Nc1ncc2c(=O)n(C3CCNCC3)cc([C@H]3CC[C@H](O)CC3)c2n1. The van der Waals surface area contributed by atoms with Crippen LogP contribution in [0.3, 0.4) is 0 Å². The Labute approximate surface area is 188 Å². The zero-order valence-electron chi connectivity index (χ0n) is 19.0. The second-order valence-electron chi connectivity index (χ2n) is 8.99. The molecule has 176 valence electrons. The van der Waals surface area contributed by atoms with Gasteiger partial charge in [0.25, 0.3) is 5.56 Å². The van der Waals surface area contributed by atoms with Gasteiger partial charge in [0.05, 0.1) is 36.3 Å². The molecule has 0 atom stereocenters. The predicted octanol–water partition coefficient (Wildman–Crippen LogP) is 1.81. The van der Waals surface area contributed by atoms with Crippen molar-refractivity contribution in [3.63, 3.8) is 0 Å². The van der Waals surface area contributed by atoms with Crippen LogP contribution >= 0.6 is 0 Å². The van der Waals surface area contributed by atoms with Crippen LogP contribution in [0.15, 0.2) is 17.2 Å². The lowest BCUT2D eigenvalue weighted by atomic mass is 9.82. The first-order valence-electron chi connectivity index (χ1n) is 11.7. The van der Waals surface area contributed by atoms with Crippen LogP contribution in [-0.2, 0) is 9.47 Å². The van der Waals surface area contributed by atoms with Gasteiger partial charge >= 0.3 is 0 Å². The summed E-state index contributed by atoms with van der Waals surface area (Å²) in [6.45, 7) is 2.75. The number of rotatable bonds is 8. The van der Waals surface area contributed by atoms with Crippen molar-refractivity contribution < 1.29 is 14.6 Å². The van der Waals surface area contributed by atoms with Gasteiger partial charge in [-0.05, 0) is 63.1 Å². The lowest BCUT2D eigenvalue weighted by Gasteiger charge is -2.29. The van der Waals surface area contributed by atoms with Gasteiger partial charge in [0.2, 0.25) is 5.95 Å². The van der Waals surface area contributed by atoms with Gasteiger partial charge in [-0.3, -0.25) is 4.79 Å². The molecule has 3 N–H and O–H groups in total. The molecule has 9 heteroatoms. The van der Waals surface area contributed by atoms with Gasteiger partial charge in [-0.15, -0.1) is 0 Å². The maximum absolute atomic E-state index is 13.4. The molecule has 1 aliphatic carbocycles. The van der Waals surface area contributed by atoms with E-state index in [1.54, 1.807) is 20.4 Å². The van der Waals surface area contributed by atoms with Crippen LogP contribution in [0.2, 0.25) is 0 Å². The minimum Gasteiger partial charge on any atom is -0.393 e. The highest BCUT2D eigenvalue weighted by atomic mass is 16.5. The summed E-state index contributed by atoms with van der Waals surface area (Å²) >= 11 is 0. The largest absolute Gasteiger partial charge is 0.393 e. The lowest BCUT2D eigenvalue weighted by Crippen LogP contribution is -2.35. The molecule has 0 amide bonds. The summed E-state index contributed by atoms with van der Waals surface area (Å²) in [7, 11) is 3.29. The molecule has 0 aromatic carbocycles. The third kappa shape index (κ3) is 5.11. The Morgan fingerprint density at radius 1 is 1.16 bits per heavy atom. The first kappa shape index (κ1) is 23.1. The number of aliphatic hydroxyl groups is 1. The zero-order valence-corrected chi connectivity index (χ0v) is 19.0. The first-order valence-corrected chi connectivity index (χ1v) is 11.7. The van der Waals surface area contributed by atoms with Crippen LogP contribution in [-0.4, -0.2) is 72.3 Å². The van der Waals surface area contributed by atoms with Crippen molar-refractivity contribution in [1.29, 1.82) is 0 Å². The van der Waals surface area contributed by atoms with Crippen LogP contribution in [0.25, 0.3) is 10.9 Å². The van der Waals surface area contributed by atoms with Crippen LogP contribution in [0.4, 0.5) is 5.95 Å². The molecule has 0 unspecified atom stereocenters. The molecule has 9 nitrogen and oxygen atoms in total. The summed E-state index contributed by atoms with van der Waals surface area (Å²) in [4.78, 5) is 22.7. The molecule has 2 aliphatic rings. The molecule has 2 fully saturated rings. The van der Waals surface area contributed by atoms with Crippen molar-refractivity contribution in [3.8, 4) is 0 Å². The Morgan fingerprint density at radius 3 is 2.50 bits per heavy atom. The topological polar surface area (TPSA) is 111 Å². The molecule has 0 bridgehead atoms. The molecule has 3 heterocycles. The maximum atomic E-state index is 13.4. The zero-order chi connectivity index (χ0) is 22.5. The predicted molar refractivity (Wildman–Crippen MR) is 123 cm³/mol. The second-order valence-corrected chi connectivity index (χ2v) is 8.99. The fraction of sp³-hybridized carbons (Fsp3) is 0.696. The Kier molecular flexibility index (Phi) is 7.72. The smallest absolute Gasteiger partial charge is 0.261 e. The van der Waals surface area contributed by atoms with Gasteiger partial charge in [-0.2, -0.15) is 0 Å². The van der Waals surface area contributed by atoms with Crippen LogP contribution in [0, 0.1) is 0 Å². The number of ether oxygens (including phenoxy) is 2. The van der Waals surface area contributed by atoms with Crippen molar-refractivity contribution in [1.82, 2.24) is 19.9 Å². The van der Waals surface area contributed by atoms with E-state index in [1.807, 2.05) is 10.8 Å². The molecular formula is C23H35N5O4. The Bertz CT molecular complexity index is 945. The number of aliphatic hydroxyl groups excluding tert-OH is 1. The van der Waals surface area contributed by atoms with E-state index in [-0.39, 0.29) is 29.7 Å². The van der Waals surface area contributed by atoms with Gasteiger partial charge < -0.3 is 29.8 Å². The third-order valence-electron chi connectivity index (χ3n) is 6.71. The molecule has 2 aromatic rings. The maximum Gasteiger partial charge on any atom is 0.261 e. The van der Waals surface area contributed by atoms with Crippen molar-refractivity contribution >= 4 is 16.9 Å². The van der Waals surface area contributed by atoms with Crippen LogP contribution < -0.4 is 16.2 Å². The fourth-order valence-corrected chi connectivity index (χ4v) is 4.99. The van der Waals surface area contributed by atoms with Crippen molar-refractivity contribution in [2.24, 2.45) is 0 Å². The average Bonchev–Trinajstić information content (AvgIpc) is 2.81. The fourth-order valence-electron chi connectivity index (χ4n) is 4.99. The molecule has 4 rings (SSSR count). The van der Waals surface area contributed by atoms with Crippen LogP contribution in [0.1, 0.15) is 56.0 Å². The number of pyridine rings is 1. The summed E-state index contributed by atoms with van der Waals surface area (Å²) in [6, 6.07) is 0.0949. The van der Waals surface area contributed by atoms with E-state index in [0.29, 0.717) is 30.1 Å². The molecule has 0 radical (unpaired) electrons. The number of fused-ring (bicyclic) bond motifs is 1. The van der Waals surface area contributed by atoms with E-state index in [9.17, 15) is 9.90 Å². The van der Waals surface area contributed by atoms with Gasteiger partial charge in [0.1, 0.15) is 0 Å². The molecule has 1 saturated heterocycles. The van der Waals surface area contributed by atoms with E-state index in [0.717, 1.165) is 57.2 Å². The summed E-state index contributed by atoms with van der Waals surface area (Å²) in [6.07, 6.45) is 8.67. The normalized spacial score (nSPS) is 22.5. The van der Waals surface area contributed by atoms with Gasteiger partial charge in [0.15, 0.2) is 0 Å². The van der Waals surface area contributed by atoms with E-state index >= 15 is 0 Å². The van der Waals surface area contributed by atoms with E-state index in [1.165, 1.54) is 0 Å². The number of methoxy groups -OCH3 is 2. The van der Waals surface area contributed by atoms with Crippen molar-refractivity contribution in [2.75, 3.05) is 45.8 Å². The number of anilines is 1. The van der Waals surface area contributed by atoms with E-state index < -0.39 is 0 Å². The number of hydrogen-bond donors (Lipinski definition) is 3. The van der Waals surface area contributed by atoms with Crippen LogP contribution in [0.5, 0.6) is 0 Å². The van der Waals surface area contributed by atoms with Crippen molar-refractivity contribution in [3.05, 3.63) is 28.3 Å². The Morgan fingerprint density at radius 2 is 1.84 bits per heavy atom. The molecule has 1 aliphatic heterocycles. The molecule has 0 spiro atoms. The Balaban J connectivity index is 1.75. The molecule has 2 aromatic heterocycles. The van der Waals surface area contributed by atoms with E-state index in [2.05, 4.69) is 15.6 Å². The lowest BCUT2D eigenvalue weighted by molar-refractivity contribution is 0.122. The van der Waals surface area contributed by atoms with Gasteiger partial charge in [-0.1, -0.05) is 0 Å². The number of nitrogens with one attached hydrogen (secondary N) is 2. The number of aromatic nitrogens is 3. The molecule has 1 saturated carbocycles. The summed E-state index contributed by atoms with van der Waals surface area (Å²) in [5.74, 6) is 0.735. The summed E-state index contributed by atoms with van der Waals surface area (Å²) < 4.78 is 12.4. The second kappa shape index (κ2) is 10.7. The Hall–Kier alpha value is -2.07. The van der Waals surface area contributed by atoms with Gasteiger partial charge in [0, 0.05) is 32.7 Å². The quantitative estimate of drug-likeness (QED) is 0.564. The highest BCUT2D eigenvalue weighted by molar-refractivity contribution is 5.81. The highest BCUT2D eigenvalue weighted by Gasteiger charge is 2.27. The highest BCUT2D eigenvalue weighted by Crippen LogP contribution is 2.36. The monoisotopic (exact) mass is 445 g/mol. The van der Waals surface area contributed by atoms with E-state index in [4.69, 9.17) is 14.5 Å². The third-order valence-corrected chi connectivity index (χ3v) is 6.71. The first-order chi connectivity index (χ1) is 15.6. The minimum atomic E-state index is -0.233. The summed E-state index contributed by atoms with van der Waals surface area (Å²) in [5.41, 5.74) is 1.78. The molecule has 32 heavy (non-hydrogen) atoms. The number of piperidine rings is 1. The summed E-state index contributed by atoms with van der Waals surface area (Å²) in [5, 5.41) is 17.2. The number of nitrogens with zero attached hydrogens (tertiary/aromatic N) is 3. The standard InChI is InChI=1S/C23H35N5O4/c1-31-13-16(14-32-2)26-23-25-11-19-21(27-23)20(15-3-5-18(29)6-4-15)12-28(22(19)30)17-7-9-24-10-8-17/h11-12,15-18,24,29H,3-10,13-14H2,1-2H3,(H,25,26,27)/t15-,18-. The molecular weight excluding hydrogens is 410 g/mol. The van der Waals surface area contributed by atoms with Crippen molar-refractivity contribution in [2.45, 2.75) is 62.6 Å².